The number of allylic oxidation sites excluding steroid dienone is 1. The number of carbonyl (C=O) groups is 3. The van der Waals surface area contributed by atoms with E-state index < -0.39 is 6.09 Å². The standard InChI is InChI=1S/C26H46N2O5/c1-25(2,3)18-20(23(30)26(4,5)6)14-12-13-17-27-22(29)19-32-28-24(31)33-21-15-10-8-7-9-11-16-21/h10,15,20-21H,7-9,11-14,16-19H2,1-6H3,(H,27,29)(H,28,31)/b15-10+/t20-,21?/m0/s1. The van der Waals surface area contributed by atoms with Gasteiger partial charge in [0.05, 0.1) is 0 Å². The summed E-state index contributed by atoms with van der Waals surface area (Å²) in [5, 5.41) is 2.78. The van der Waals surface area contributed by atoms with Crippen molar-refractivity contribution in [2.24, 2.45) is 16.7 Å². The largest absolute Gasteiger partial charge is 0.441 e. The Labute approximate surface area is 200 Å². The molecule has 33 heavy (non-hydrogen) atoms. The molecule has 2 amide bonds. The molecular formula is C26H46N2O5. The van der Waals surface area contributed by atoms with E-state index in [0.29, 0.717) is 12.3 Å². The molecule has 0 heterocycles. The molecule has 2 N–H and O–H groups in total. The summed E-state index contributed by atoms with van der Waals surface area (Å²) in [6, 6.07) is 0. The van der Waals surface area contributed by atoms with Gasteiger partial charge in [0.2, 0.25) is 5.91 Å². The minimum atomic E-state index is -0.688. The molecule has 0 saturated carbocycles. The van der Waals surface area contributed by atoms with Crippen LogP contribution >= 0.6 is 0 Å². The van der Waals surface area contributed by atoms with Gasteiger partial charge in [0.25, 0.3) is 0 Å². The van der Waals surface area contributed by atoms with Crippen LogP contribution in [0.1, 0.15) is 99.3 Å². The molecule has 2 atom stereocenters. The Morgan fingerprint density at radius 2 is 1.76 bits per heavy atom. The predicted octanol–water partition coefficient (Wildman–Crippen LogP) is 5.49. The van der Waals surface area contributed by atoms with Gasteiger partial charge in [-0.25, -0.2) is 4.79 Å². The van der Waals surface area contributed by atoms with Gasteiger partial charge >= 0.3 is 6.09 Å². The van der Waals surface area contributed by atoms with Gasteiger partial charge in [-0.2, -0.15) is 5.48 Å². The molecule has 1 unspecified atom stereocenters. The van der Waals surface area contributed by atoms with Crippen LogP contribution in [0.25, 0.3) is 0 Å². The highest BCUT2D eigenvalue weighted by molar-refractivity contribution is 5.86. The monoisotopic (exact) mass is 466 g/mol. The van der Waals surface area contributed by atoms with Crippen LogP contribution in [0.4, 0.5) is 4.79 Å². The Bertz CT molecular complexity index is 646. The molecule has 7 nitrogen and oxygen atoms in total. The zero-order valence-electron chi connectivity index (χ0n) is 21.6. The number of hydrogen-bond donors (Lipinski definition) is 2. The number of Topliss-reactive ketones (excluding diaryl/α,β-unsaturated/α-hetero) is 1. The third kappa shape index (κ3) is 14.1. The Morgan fingerprint density at radius 3 is 2.42 bits per heavy atom. The van der Waals surface area contributed by atoms with Crippen LogP contribution in [0.15, 0.2) is 12.2 Å². The lowest BCUT2D eigenvalue weighted by Crippen LogP contribution is -2.35. The summed E-state index contributed by atoms with van der Waals surface area (Å²) < 4.78 is 5.30. The van der Waals surface area contributed by atoms with E-state index in [1.807, 2.05) is 32.9 Å². The second-order valence-electron chi connectivity index (χ2n) is 11.3. The highest BCUT2D eigenvalue weighted by Crippen LogP contribution is 2.33. The third-order valence-electron chi connectivity index (χ3n) is 5.60. The number of ether oxygens (including phenoxy) is 1. The quantitative estimate of drug-likeness (QED) is 0.239. The maximum atomic E-state index is 12.8. The summed E-state index contributed by atoms with van der Waals surface area (Å²) in [5.74, 6) is 0.0350. The summed E-state index contributed by atoms with van der Waals surface area (Å²) in [5.41, 5.74) is 1.92. The summed E-state index contributed by atoms with van der Waals surface area (Å²) >= 11 is 0. The molecule has 7 heteroatoms. The predicted molar refractivity (Wildman–Crippen MR) is 130 cm³/mol. The fourth-order valence-corrected chi connectivity index (χ4v) is 4.02. The molecule has 0 aromatic rings. The van der Waals surface area contributed by atoms with Crippen LogP contribution in [-0.4, -0.2) is 37.0 Å². The molecule has 0 saturated heterocycles. The van der Waals surface area contributed by atoms with Crippen molar-refractivity contribution < 1.29 is 24.0 Å². The molecule has 0 bridgehead atoms. The Balaban J connectivity index is 2.23. The molecule has 0 aliphatic heterocycles. The number of hydrogen-bond acceptors (Lipinski definition) is 5. The molecule has 0 aromatic carbocycles. The van der Waals surface area contributed by atoms with Gasteiger partial charge in [0.15, 0.2) is 6.61 Å². The molecule has 0 aromatic heterocycles. The van der Waals surface area contributed by atoms with E-state index in [1.165, 1.54) is 6.42 Å². The molecule has 0 radical (unpaired) electrons. The zero-order valence-corrected chi connectivity index (χ0v) is 21.6. The summed E-state index contributed by atoms with van der Waals surface area (Å²) in [6.45, 7) is 12.6. The van der Waals surface area contributed by atoms with Crippen molar-refractivity contribution in [3.05, 3.63) is 12.2 Å². The number of ketones is 1. The second kappa shape index (κ2) is 14.4. The lowest BCUT2D eigenvalue weighted by Gasteiger charge is -2.30. The number of unbranched alkanes of at least 4 members (excludes halogenated alkanes) is 1. The van der Waals surface area contributed by atoms with Crippen molar-refractivity contribution in [2.75, 3.05) is 13.2 Å². The zero-order chi connectivity index (χ0) is 24.9. The Kier molecular flexibility index (Phi) is 12.7. The second-order valence-corrected chi connectivity index (χ2v) is 11.3. The van der Waals surface area contributed by atoms with E-state index in [2.05, 4.69) is 31.6 Å². The smallest absolute Gasteiger partial charge is 0.431 e. The molecule has 1 aliphatic rings. The van der Waals surface area contributed by atoms with Crippen LogP contribution in [0.3, 0.4) is 0 Å². The van der Waals surface area contributed by atoms with Crippen LogP contribution in [0.2, 0.25) is 0 Å². The van der Waals surface area contributed by atoms with Gasteiger partial charge in [0.1, 0.15) is 11.9 Å². The minimum absolute atomic E-state index is 0.0342. The first-order valence-electron chi connectivity index (χ1n) is 12.4. The number of amides is 2. The van der Waals surface area contributed by atoms with Crippen LogP contribution in [-0.2, 0) is 19.2 Å². The molecular weight excluding hydrogens is 420 g/mol. The van der Waals surface area contributed by atoms with Crippen molar-refractivity contribution in [1.82, 2.24) is 10.8 Å². The Morgan fingerprint density at radius 1 is 1.03 bits per heavy atom. The maximum Gasteiger partial charge on any atom is 0.431 e. The van der Waals surface area contributed by atoms with Gasteiger partial charge in [-0.3, -0.25) is 14.4 Å². The Hall–Kier alpha value is -1.89. The molecule has 190 valence electrons. The molecule has 1 aliphatic carbocycles. The van der Waals surface area contributed by atoms with Gasteiger partial charge in [-0.15, -0.1) is 0 Å². The van der Waals surface area contributed by atoms with Gasteiger partial charge in [0, 0.05) is 17.9 Å². The third-order valence-corrected chi connectivity index (χ3v) is 5.60. The molecule has 0 spiro atoms. The SMILES string of the molecule is CC(C)(C)C[C@H](CCCCNC(=O)CONC(=O)OC1/C=C/CCCCC1)C(=O)C(C)(C)C. The normalized spacial score (nSPS) is 19.0. The fourth-order valence-electron chi connectivity index (χ4n) is 4.02. The lowest BCUT2D eigenvalue weighted by molar-refractivity contribution is -0.131. The van der Waals surface area contributed by atoms with Crippen molar-refractivity contribution in [3.8, 4) is 0 Å². The van der Waals surface area contributed by atoms with Gasteiger partial charge < -0.3 is 10.1 Å². The highest BCUT2D eigenvalue weighted by Gasteiger charge is 2.31. The van der Waals surface area contributed by atoms with Crippen LogP contribution in [0.5, 0.6) is 0 Å². The average Bonchev–Trinajstić information content (AvgIpc) is 2.66. The summed E-state index contributed by atoms with van der Waals surface area (Å²) in [7, 11) is 0. The first-order valence-corrected chi connectivity index (χ1v) is 12.4. The maximum absolute atomic E-state index is 12.8. The first-order chi connectivity index (χ1) is 15.4. The highest BCUT2D eigenvalue weighted by atomic mass is 16.7. The fraction of sp³-hybridized carbons (Fsp3) is 0.808. The number of hydroxylamine groups is 1. The summed E-state index contributed by atoms with van der Waals surface area (Å²) in [6.07, 6.45) is 11.5. The minimum Gasteiger partial charge on any atom is -0.441 e. The number of nitrogens with one attached hydrogen (secondary N) is 2. The van der Waals surface area contributed by atoms with Gasteiger partial charge in [-0.1, -0.05) is 60.5 Å². The number of rotatable bonds is 11. The van der Waals surface area contributed by atoms with E-state index in [-0.39, 0.29) is 35.4 Å². The molecule has 1 rings (SSSR count). The van der Waals surface area contributed by atoms with Gasteiger partial charge in [-0.05, 0) is 56.4 Å². The first kappa shape index (κ1) is 29.1. The average molecular weight is 467 g/mol. The lowest BCUT2D eigenvalue weighted by atomic mass is 9.74. The van der Waals surface area contributed by atoms with Crippen molar-refractivity contribution in [1.29, 1.82) is 0 Å². The summed E-state index contributed by atoms with van der Waals surface area (Å²) in [4.78, 5) is 41.5. The van der Waals surface area contributed by atoms with Crippen LogP contribution < -0.4 is 10.8 Å². The van der Waals surface area contributed by atoms with E-state index in [0.717, 1.165) is 51.4 Å². The molecule has 0 fully saturated rings. The van der Waals surface area contributed by atoms with E-state index in [9.17, 15) is 14.4 Å². The van der Waals surface area contributed by atoms with E-state index >= 15 is 0 Å². The van der Waals surface area contributed by atoms with Crippen LogP contribution in [0, 0.1) is 16.7 Å². The van der Waals surface area contributed by atoms with E-state index in [4.69, 9.17) is 9.57 Å². The van der Waals surface area contributed by atoms with E-state index in [1.54, 1.807) is 0 Å². The van der Waals surface area contributed by atoms with Crippen molar-refractivity contribution in [2.45, 2.75) is 105 Å². The van der Waals surface area contributed by atoms with Crippen molar-refractivity contribution >= 4 is 17.8 Å². The topological polar surface area (TPSA) is 93.7 Å². The number of carbonyl (C=O) groups excluding carboxylic acids is 3. The van der Waals surface area contributed by atoms with Crippen molar-refractivity contribution in [3.63, 3.8) is 0 Å².